The van der Waals surface area contributed by atoms with E-state index >= 15 is 0 Å². The highest BCUT2D eigenvalue weighted by molar-refractivity contribution is 7.09. The van der Waals surface area contributed by atoms with Gasteiger partial charge in [-0.15, -0.1) is 11.3 Å². The fraction of sp³-hybridized carbons (Fsp3) is 0.710. The topological polar surface area (TPSA) is 49.8 Å². The molecule has 0 spiro atoms. The van der Waals surface area contributed by atoms with Gasteiger partial charge in [0.15, 0.2) is 5.79 Å². The van der Waals surface area contributed by atoms with Crippen LogP contribution in [0, 0.1) is 5.92 Å². The summed E-state index contributed by atoms with van der Waals surface area (Å²) >= 11 is 1.62. The largest absolute Gasteiger partial charge is 0.497 e. The van der Waals surface area contributed by atoms with Crippen molar-refractivity contribution in [3.05, 3.63) is 46.4 Å². The molecule has 0 N–H and O–H groups in total. The summed E-state index contributed by atoms with van der Waals surface area (Å²) in [6.07, 6.45) is 15.7. The number of hydrogen-bond donors (Lipinski definition) is 0. The average molecular weight is 532 g/mol. The molecule has 3 atom stereocenters. The molecule has 1 saturated heterocycles. The van der Waals surface area contributed by atoms with E-state index < -0.39 is 5.79 Å². The number of rotatable bonds is 18. The molecule has 0 aliphatic carbocycles. The fourth-order valence-electron chi connectivity index (χ4n) is 5.07. The summed E-state index contributed by atoms with van der Waals surface area (Å²) in [5.74, 6) is 1.07. The molecule has 6 heteroatoms. The van der Waals surface area contributed by atoms with E-state index in [2.05, 4.69) is 18.8 Å². The Hall–Kier alpha value is -1.47. The van der Waals surface area contributed by atoms with Gasteiger partial charge in [0.05, 0.1) is 19.8 Å². The average Bonchev–Trinajstić information content (AvgIpc) is 3.51. The Kier molecular flexibility index (Phi) is 12.9. The van der Waals surface area contributed by atoms with Gasteiger partial charge in [-0.1, -0.05) is 90.2 Å². The molecule has 1 aliphatic heterocycles. The Morgan fingerprint density at radius 3 is 2.16 bits per heavy atom. The lowest BCUT2D eigenvalue weighted by molar-refractivity contribution is -0.161. The molecule has 37 heavy (non-hydrogen) atoms. The maximum absolute atomic E-state index is 6.47. The van der Waals surface area contributed by atoms with Crippen LogP contribution in [0.2, 0.25) is 0 Å². The maximum Gasteiger partial charge on any atom is 0.163 e. The summed E-state index contributed by atoms with van der Waals surface area (Å²) in [5.41, 5.74) is 1.09. The monoisotopic (exact) mass is 531 g/mol. The van der Waals surface area contributed by atoms with Crippen molar-refractivity contribution in [3.8, 4) is 5.75 Å². The molecule has 208 valence electrons. The molecule has 1 aliphatic rings. The summed E-state index contributed by atoms with van der Waals surface area (Å²) in [6, 6.07) is 8.00. The third kappa shape index (κ3) is 10.7. The van der Waals surface area contributed by atoms with E-state index in [9.17, 15) is 0 Å². The van der Waals surface area contributed by atoms with Crippen molar-refractivity contribution in [1.82, 2.24) is 4.98 Å². The van der Waals surface area contributed by atoms with Crippen LogP contribution in [0.1, 0.15) is 115 Å². The van der Waals surface area contributed by atoms with Crippen molar-refractivity contribution in [3.63, 3.8) is 0 Å². The zero-order valence-corrected chi connectivity index (χ0v) is 24.6. The third-order valence-electron chi connectivity index (χ3n) is 7.07. The second-order valence-corrected chi connectivity index (χ2v) is 12.2. The van der Waals surface area contributed by atoms with E-state index in [0.717, 1.165) is 35.1 Å². The van der Waals surface area contributed by atoms with Gasteiger partial charge in [0.2, 0.25) is 0 Å². The van der Waals surface area contributed by atoms with Gasteiger partial charge in [-0.2, -0.15) is 0 Å². The molecule has 2 heterocycles. The number of ether oxygens (including phenoxy) is 4. The van der Waals surface area contributed by atoms with Gasteiger partial charge >= 0.3 is 0 Å². The van der Waals surface area contributed by atoms with Crippen LogP contribution in [0.4, 0.5) is 0 Å². The van der Waals surface area contributed by atoms with Crippen molar-refractivity contribution < 1.29 is 18.9 Å². The normalized spacial score (nSPS) is 19.9. The van der Waals surface area contributed by atoms with Gasteiger partial charge in [-0.05, 0) is 43.9 Å². The predicted molar refractivity (Wildman–Crippen MR) is 152 cm³/mol. The quantitative estimate of drug-likeness (QED) is 0.180. The van der Waals surface area contributed by atoms with E-state index in [1.165, 1.54) is 57.8 Å². The van der Waals surface area contributed by atoms with E-state index in [0.29, 0.717) is 6.61 Å². The molecular formula is C31H49NO4S. The van der Waals surface area contributed by atoms with Gasteiger partial charge in [-0.25, -0.2) is 4.98 Å². The van der Waals surface area contributed by atoms with Crippen LogP contribution in [0.25, 0.3) is 0 Å². The number of benzene rings is 1. The van der Waals surface area contributed by atoms with Crippen molar-refractivity contribution in [2.45, 2.75) is 129 Å². The maximum atomic E-state index is 6.47. The number of aromatic nitrogens is 1. The molecule has 1 fully saturated rings. The second kappa shape index (κ2) is 15.8. The minimum Gasteiger partial charge on any atom is -0.497 e. The highest BCUT2D eigenvalue weighted by Gasteiger charge is 2.46. The minimum atomic E-state index is -0.621. The Morgan fingerprint density at radius 1 is 0.919 bits per heavy atom. The molecule has 0 amide bonds. The lowest BCUT2D eigenvalue weighted by Gasteiger charge is -2.25. The molecule has 2 aromatic rings. The summed E-state index contributed by atoms with van der Waals surface area (Å²) < 4.78 is 24.6. The lowest BCUT2D eigenvalue weighted by atomic mass is 10.00. The highest BCUT2D eigenvalue weighted by atomic mass is 32.1. The first kappa shape index (κ1) is 30.1. The summed E-state index contributed by atoms with van der Waals surface area (Å²) in [7, 11) is 1.68. The SMILES string of the molecule is COc1ccc(CO[C@H](c2nccs2)[C@@H]2OC(C)(C)O[C@@H]2CCCCCCCCCCCC(C)C)cc1. The third-order valence-corrected chi connectivity index (χ3v) is 7.91. The molecule has 1 aromatic heterocycles. The molecule has 5 nitrogen and oxygen atoms in total. The molecule has 3 rings (SSSR count). The predicted octanol–water partition coefficient (Wildman–Crippen LogP) is 8.88. The van der Waals surface area contributed by atoms with Crippen LogP contribution in [0.5, 0.6) is 5.75 Å². The minimum absolute atomic E-state index is 0.000671. The van der Waals surface area contributed by atoms with Crippen molar-refractivity contribution in [1.29, 1.82) is 0 Å². The zero-order valence-electron chi connectivity index (χ0n) is 23.7. The number of methoxy groups -OCH3 is 1. The van der Waals surface area contributed by atoms with Crippen LogP contribution < -0.4 is 4.74 Å². The van der Waals surface area contributed by atoms with Crippen molar-refractivity contribution >= 4 is 11.3 Å². The van der Waals surface area contributed by atoms with Gasteiger partial charge < -0.3 is 18.9 Å². The van der Waals surface area contributed by atoms with Gasteiger partial charge in [0, 0.05) is 11.6 Å². The number of unbranched alkanes of at least 4 members (excludes halogenated alkanes) is 8. The Balaban J connectivity index is 1.45. The van der Waals surface area contributed by atoms with Crippen LogP contribution in [-0.2, 0) is 20.8 Å². The van der Waals surface area contributed by atoms with Gasteiger partial charge in [-0.3, -0.25) is 0 Å². The molecular weight excluding hydrogens is 482 g/mol. The second-order valence-electron chi connectivity index (χ2n) is 11.2. The highest BCUT2D eigenvalue weighted by Crippen LogP contribution is 2.40. The first-order valence-electron chi connectivity index (χ1n) is 14.4. The Bertz CT molecular complexity index is 853. The first-order valence-corrected chi connectivity index (χ1v) is 15.3. The Morgan fingerprint density at radius 2 is 1.57 bits per heavy atom. The fourth-order valence-corrected chi connectivity index (χ4v) is 5.79. The number of thiazole rings is 1. The number of nitrogens with zero attached hydrogens (tertiary/aromatic N) is 1. The van der Waals surface area contributed by atoms with Crippen LogP contribution in [-0.4, -0.2) is 30.1 Å². The molecule has 1 aromatic carbocycles. The van der Waals surface area contributed by atoms with Crippen molar-refractivity contribution in [2.75, 3.05) is 7.11 Å². The molecule has 0 unspecified atom stereocenters. The number of hydrogen-bond acceptors (Lipinski definition) is 6. The molecule has 0 radical (unpaired) electrons. The van der Waals surface area contributed by atoms with Crippen molar-refractivity contribution in [2.24, 2.45) is 5.92 Å². The molecule has 0 bridgehead atoms. The standard InChI is InChI=1S/C31H49NO4S/c1-24(2)15-13-11-9-7-6-8-10-12-14-16-27-28(36-31(3,4)35-27)29(30-32-21-22-37-30)34-23-25-17-19-26(33-5)20-18-25/h17-22,24,27-29H,6-16,23H2,1-5H3/t27-,28-,29+/m1/s1. The summed E-state index contributed by atoms with van der Waals surface area (Å²) in [5, 5.41) is 2.94. The van der Waals surface area contributed by atoms with Crippen LogP contribution in [0.3, 0.4) is 0 Å². The summed E-state index contributed by atoms with van der Waals surface area (Å²) in [4.78, 5) is 4.59. The Labute approximate surface area is 229 Å². The van der Waals surface area contributed by atoms with Crippen LogP contribution >= 0.6 is 11.3 Å². The van der Waals surface area contributed by atoms with E-state index in [-0.39, 0.29) is 18.3 Å². The first-order chi connectivity index (χ1) is 17.9. The van der Waals surface area contributed by atoms with Gasteiger partial charge in [0.25, 0.3) is 0 Å². The van der Waals surface area contributed by atoms with E-state index in [1.54, 1.807) is 18.4 Å². The smallest absolute Gasteiger partial charge is 0.163 e. The van der Waals surface area contributed by atoms with E-state index in [1.807, 2.05) is 49.7 Å². The zero-order chi connectivity index (χ0) is 26.5. The molecule has 0 saturated carbocycles. The lowest BCUT2D eigenvalue weighted by Crippen LogP contribution is -2.31. The van der Waals surface area contributed by atoms with Crippen LogP contribution in [0.15, 0.2) is 35.8 Å². The van der Waals surface area contributed by atoms with Gasteiger partial charge in [0.1, 0.15) is 23.0 Å². The summed E-state index contributed by atoms with van der Waals surface area (Å²) in [6.45, 7) is 9.13. The van der Waals surface area contributed by atoms with E-state index in [4.69, 9.17) is 18.9 Å².